The van der Waals surface area contributed by atoms with Gasteiger partial charge < -0.3 is 33.2 Å². The summed E-state index contributed by atoms with van der Waals surface area (Å²) in [7, 11) is -0.175. The van der Waals surface area contributed by atoms with Crippen LogP contribution in [0.2, 0.25) is 18.1 Å². The molecule has 0 aromatic carbocycles. The van der Waals surface area contributed by atoms with Crippen molar-refractivity contribution in [2.75, 3.05) is 40.3 Å². The number of rotatable bonds is 12. The summed E-state index contributed by atoms with van der Waals surface area (Å²) in [6.07, 6.45) is 2.22. The largest absolute Gasteiger partial charge is 0.413 e. The van der Waals surface area contributed by atoms with Gasteiger partial charge in [-0.25, -0.2) is 0 Å². The summed E-state index contributed by atoms with van der Waals surface area (Å²) < 4.78 is 34.8. The Balaban J connectivity index is 1.90. The fourth-order valence-electron chi connectivity index (χ4n) is 4.59. The fourth-order valence-corrected chi connectivity index (χ4v) is 6.03. The summed E-state index contributed by atoms with van der Waals surface area (Å²) in [4.78, 5) is 0. The van der Waals surface area contributed by atoms with E-state index >= 15 is 0 Å². The van der Waals surface area contributed by atoms with Crippen LogP contribution >= 0.6 is 0 Å². The molecule has 1 N–H and O–H groups in total. The molecule has 0 aromatic rings. The number of aliphatic hydroxyl groups is 1. The second-order valence-corrected chi connectivity index (χ2v) is 16.1. The maximum atomic E-state index is 10.7. The zero-order chi connectivity index (χ0) is 25.4. The third kappa shape index (κ3) is 8.86. The molecule has 2 aliphatic rings. The Bertz CT molecular complexity index is 660. The number of ether oxygens (including phenoxy) is 5. The first-order valence-electron chi connectivity index (χ1n) is 12.7. The lowest BCUT2D eigenvalue weighted by molar-refractivity contribution is -0.192. The molecule has 8 heteroatoms. The number of hydrogen-bond acceptors (Lipinski definition) is 7. The van der Waals surface area contributed by atoms with Crippen molar-refractivity contribution >= 4 is 8.32 Å². The van der Waals surface area contributed by atoms with Gasteiger partial charge in [-0.2, -0.15) is 0 Å². The molecule has 2 fully saturated rings. The van der Waals surface area contributed by atoms with Crippen LogP contribution in [0.25, 0.3) is 0 Å². The molecule has 34 heavy (non-hydrogen) atoms. The second-order valence-electron chi connectivity index (χ2n) is 11.3. The summed E-state index contributed by atoms with van der Waals surface area (Å²) in [6.45, 7) is 17.8. The van der Waals surface area contributed by atoms with E-state index in [1.807, 2.05) is 6.92 Å². The fraction of sp³-hybridized carbons (Fsp3) is 0.923. The quantitative estimate of drug-likeness (QED) is 0.185. The van der Waals surface area contributed by atoms with Crippen LogP contribution < -0.4 is 0 Å². The molecule has 2 rings (SSSR count). The van der Waals surface area contributed by atoms with Crippen molar-refractivity contribution in [3.05, 3.63) is 0 Å². The van der Waals surface area contributed by atoms with Gasteiger partial charge in [0, 0.05) is 19.4 Å². The highest BCUT2D eigenvalue weighted by molar-refractivity contribution is 6.74. The lowest BCUT2D eigenvalue weighted by Gasteiger charge is -2.38. The average molecular weight is 501 g/mol. The van der Waals surface area contributed by atoms with Crippen LogP contribution in [0, 0.1) is 23.7 Å². The first-order chi connectivity index (χ1) is 15.9. The van der Waals surface area contributed by atoms with E-state index in [0.717, 1.165) is 12.8 Å². The molecule has 7 nitrogen and oxygen atoms in total. The van der Waals surface area contributed by atoms with Gasteiger partial charge in [0.25, 0.3) is 0 Å². The van der Waals surface area contributed by atoms with Crippen molar-refractivity contribution in [1.82, 2.24) is 0 Å². The molecular weight excluding hydrogens is 452 g/mol. The molecule has 1 heterocycles. The van der Waals surface area contributed by atoms with Gasteiger partial charge in [0.2, 0.25) is 0 Å². The lowest BCUT2D eigenvalue weighted by atomic mass is 9.85. The van der Waals surface area contributed by atoms with Gasteiger partial charge in [0.1, 0.15) is 12.9 Å². The molecule has 198 valence electrons. The van der Waals surface area contributed by atoms with Crippen LogP contribution in [0.1, 0.15) is 60.3 Å². The minimum absolute atomic E-state index is 0.0420. The van der Waals surface area contributed by atoms with E-state index in [0.29, 0.717) is 39.3 Å². The predicted octanol–water partition coefficient (Wildman–Crippen LogP) is 4.34. The average Bonchev–Trinajstić information content (AvgIpc) is 3.34. The molecule has 5 atom stereocenters. The maximum Gasteiger partial charge on any atom is 0.192 e. The van der Waals surface area contributed by atoms with Crippen LogP contribution in [0.15, 0.2) is 0 Å². The molecule has 1 saturated carbocycles. The van der Waals surface area contributed by atoms with E-state index in [1.54, 1.807) is 7.11 Å². The first kappa shape index (κ1) is 29.7. The summed E-state index contributed by atoms with van der Waals surface area (Å²) in [5.41, 5.74) is 0. The van der Waals surface area contributed by atoms with Gasteiger partial charge in [-0.05, 0) is 57.2 Å². The Labute approximate surface area is 208 Å². The summed E-state index contributed by atoms with van der Waals surface area (Å²) in [5, 5.41) is 10.9. The lowest BCUT2D eigenvalue weighted by Crippen LogP contribution is -2.43. The van der Waals surface area contributed by atoms with Crippen LogP contribution in [-0.2, 0) is 28.1 Å². The van der Waals surface area contributed by atoms with Crippen LogP contribution in [0.3, 0.4) is 0 Å². The molecule has 0 spiro atoms. The van der Waals surface area contributed by atoms with E-state index in [2.05, 4.69) is 52.6 Å². The highest BCUT2D eigenvalue weighted by atomic mass is 28.4. The molecule has 1 aliphatic heterocycles. The number of methoxy groups -OCH3 is 1. The Kier molecular flexibility index (Phi) is 11.5. The van der Waals surface area contributed by atoms with Crippen molar-refractivity contribution in [2.24, 2.45) is 11.8 Å². The molecule has 1 saturated heterocycles. The van der Waals surface area contributed by atoms with Crippen molar-refractivity contribution < 1.29 is 33.2 Å². The molecule has 0 aromatic heterocycles. The molecule has 5 unspecified atom stereocenters. The van der Waals surface area contributed by atoms with Crippen molar-refractivity contribution in [1.29, 1.82) is 0 Å². The van der Waals surface area contributed by atoms with E-state index in [4.69, 9.17) is 28.1 Å². The normalized spacial score (nSPS) is 26.8. The van der Waals surface area contributed by atoms with E-state index in [9.17, 15) is 5.11 Å². The molecular formula is C26H48O7Si. The predicted molar refractivity (Wildman–Crippen MR) is 135 cm³/mol. The van der Waals surface area contributed by atoms with E-state index in [1.165, 1.54) is 0 Å². The van der Waals surface area contributed by atoms with Crippen LogP contribution in [-0.4, -0.2) is 77.9 Å². The monoisotopic (exact) mass is 500 g/mol. The third-order valence-corrected chi connectivity index (χ3v) is 12.1. The Hall–Kier alpha value is -0.503. The minimum Gasteiger partial charge on any atom is -0.413 e. The highest BCUT2D eigenvalue weighted by Crippen LogP contribution is 2.46. The van der Waals surface area contributed by atoms with E-state index < -0.39 is 20.2 Å². The molecule has 0 bridgehead atoms. The van der Waals surface area contributed by atoms with Gasteiger partial charge in [0.05, 0.1) is 38.6 Å². The zero-order valence-corrected chi connectivity index (χ0v) is 23.6. The Morgan fingerprint density at radius 1 is 1.15 bits per heavy atom. The first-order valence-corrected chi connectivity index (χ1v) is 15.6. The van der Waals surface area contributed by atoms with Crippen molar-refractivity contribution in [3.63, 3.8) is 0 Å². The topological polar surface area (TPSA) is 75.6 Å². The van der Waals surface area contributed by atoms with Gasteiger partial charge in [0.15, 0.2) is 14.1 Å². The Morgan fingerprint density at radius 3 is 2.44 bits per heavy atom. The molecule has 1 aliphatic carbocycles. The highest BCUT2D eigenvalue weighted by Gasteiger charge is 2.49. The molecule has 0 radical (unpaired) electrons. The van der Waals surface area contributed by atoms with Gasteiger partial charge in [-0.15, -0.1) is 0 Å². The van der Waals surface area contributed by atoms with Crippen molar-refractivity contribution in [2.45, 2.75) is 103 Å². The number of aliphatic hydroxyl groups excluding tert-OH is 1. The van der Waals surface area contributed by atoms with Crippen LogP contribution in [0.4, 0.5) is 0 Å². The van der Waals surface area contributed by atoms with Gasteiger partial charge in [-0.1, -0.05) is 32.6 Å². The summed E-state index contributed by atoms with van der Waals surface area (Å²) in [5.74, 6) is 5.90. The number of hydrogen-bond donors (Lipinski definition) is 1. The second kappa shape index (κ2) is 13.2. The van der Waals surface area contributed by atoms with Crippen LogP contribution in [0.5, 0.6) is 0 Å². The van der Waals surface area contributed by atoms with Gasteiger partial charge in [-0.3, -0.25) is 0 Å². The molecule has 0 amide bonds. The smallest absolute Gasteiger partial charge is 0.192 e. The SMILES string of the molecule is COCCOCOC1CC(CC(O)C#CCC(C)O[Si](C)(C)C(C)(C)C)C(C2(C)OCCO2)C1. The van der Waals surface area contributed by atoms with E-state index in [-0.39, 0.29) is 35.9 Å². The Morgan fingerprint density at radius 2 is 1.82 bits per heavy atom. The van der Waals surface area contributed by atoms with Crippen molar-refractivity contribution in [3.8, 4) is 11.8 Å². The summed E-state index contributed by atoms with van der Waals surface area (Å²) >= 11 is 0. The standard InChI is InChI=1S/C26H48O7Si/c1-20(33-34(7,8)25(2,3)4)10-9-11-22(27)16-21-17-23(30-19-29-13-12-28-6)18-24(21)26(5)31-14-15-32-26/h20-24,27H,10,12-19H2,1-8H3. The summed E-state index contributed by atoms with van der Waals surface area (Å²) in [6, 6.07) is 0. The zero-order valence-electron chi connectivity index (χ0n) is 22.6. The minimum atomic E-state index is -1.82. The van der Waals surface area contributed by atoms with Gasteiger partial charge >= 0.3 is 0 Å². The maximum absolute atomic E-state index is 10.7. The third-order valence-electron chi connectivity index (χ3n) is 7.49.